The molecule has 0 aromatic carbocycles. The Morgan fingerprint density at radius 3 is 2.83 bits per heavy atom. The lowest BCUT2D eigenvalue weighted by molar-refractivity contribution is 0.0207. The standard InChI is InChI=1S/C12H18N2O4/c1-12(2,3)18-11(16)14-6-4-5-8(14)9-7-13-10(15)17-9/h7-8H,4-6H2,1-3H3,(H,13,15)/t8-/m1/s1. The Morgan fingerprint density at radius 2 is 2.28 bits per heavy atom. The third kappa shape index (κ3) is 2.75. The van der Waals surface area contributed by atoms with Crippen LogP contribution in [0.25, 0.3) is 0 Å². The van der Waals surface area contributed by atoms with E-state index in [4.69, 9.17) is 9.15 Å². The molecule has 0 spiro atoms. The van der Waals surface area contributed by atoms with Crippen LogP contribution in [-0.4, -0.2) is 28.1 Å². The zero-order chi connectivity index (χ0) is 13.3. The minimum atomic E-state index is -0.525. The normalized spacial score (nSPS) is 20.2. The monoisotopic (exact) mass is 254 g/mol. The molecular weight excluding hydrogens is 236 g/mol. The first kappa shape index (κ1) is 12.7. The molecule has 0 bridgehead atoms. The summed E-state index contributed by atoms with van der Waals surface area (Å²) in [6.07, 6.45) is 2.79. The lowest BCUT2D eigenvalue weighted by Crippen LogP contribution is -2.36. The minimum Gasteiger partial charge on any atom is -0.444 e. The number of amides is 1. The minimum absolute atomic E-state index is 0.209. The molecule has 6 heteroatoms. The van der Waals surface area contributed by atoms with Crippen LogP contribution in [0, 0.1) is 0 Å². The number of nitrogens with one attached hydrogen (secondary N) is 1. The van der Waals surface area contributed by atoms with Crippen molar-refractivity contribution in [1.29, 1.82) is 0 Å². The van der Waals surface area contributed by atoms with Gasteiger partial charge in [0.05, 0.1) is 6.04 Å². The summed E-state index contributed by atoms with van der Waals surface area (Å²) >= 11 is 0. The van der Waals surface area contributed by atoms with Crippen molar-refractivity contribution in [3.63, 3.8) is 0 Å². The maximum absolute atomic E-state index is 12.0. The summed E-state index contributed by atoms with van der Waals surface area (Å²) in [6.45, 7) is 6.10. The lowest BCUT2D eigenvalue weighted by Gasteiger charge is -2.27. The Morgan fingerprint density at radius 1 is 1.56 bits per heavy atom. The summed E-state index contributed by atoms with van der Waals surface area (Å²) in [7, 11) is 0. The molecule has 1 saturated heterocycles. The third-order valence-electron chi connectivity index (χ3n) is 2.75. The number of likely N-dealkylation sites (tertiary alicyclic amines) is 1. The van der Waals surface area contributed by atoms with Gasteiger partial charge in [0, 0.05) is 12.7 Å². The molecule has 1 aromatic rings. The number of H-pyrrole nitrogens is 1. The van der Waals surface area contributed by atoms with Crippen molar-refractivity contribution >= 4 is 6.09 Å². The fourth-order valence-corrected chi connectivity index (χ4v) is 2.06. The Kier molecular flexibility index (Phi) is 3.19. The Bertz CT molecular complexity index is 483. The van der Waals surface area contributed by atoms with Gasteiger partial charge in [-0.3, -0.25) is 9.88 Å². The molecule has 100 valence electrons. The lowest BCUT2D eigenvalue weighted by atomic mass is 10.2. The van der Waals surface area contributed by atoms with Gasteiger partial charge in [0.25, 0.3) is 0 Å². The van der Waals surface area contributed by atoms with E-state index in [0.29, 0.717) is 12.3 Å². The van der Waals surface area contributed by atoms with Gasteiger partial charge in [-0.1, -0.05) is 0 Å². The number of carbonyl (C=O) groups is 1. The summed E-state index contributed by atoms with van der Waals surface area (Å²) in [4.78, 5) is 27.1. The number of aromatic amines is 1. The van der Waals surface area contributed by atoms with Gasteiger partial charge in [-0.15, -0.1) is 0 Å². The summed E-state index contributed by atoms with van der Waals surface area (Å²) in [5.41, 5.74) is -0.525. The number of hydrogen-bond acceptors (Lipinski definition) is 4. The molecule has 1 atom stereocenters. The largest absolute Gasteiger partial charge is 0.444 e. The predicted octanol–water partition coefficient (Wildman–Crippen LogP) is 2.04. The summed E-state index contributed by atoms with van der Waals surface area (Å²) in [5, 5.41) is 0. The summed E-state index contributed by atoms with van der Waals surface area (Å²) in [5.74, 6) is -0.00982. The molecule has 1 aliphatic heterocycles. The van der Waals surface area contributed by atoms with Crippen molar-refractivity contribution in [2.75, 3.05) is 6.54 Å². The van der Waals surface area contributed by atoms with Crippen LogP contribution >= 0.6 is 0 Å². The van der Waals surface area contributed by atoms with Crippen LogP contribution in [0.1, 0.15) is 45.4 Å². The van der Waals surface area contributed by atoms with Crippen LogP contribution in [0.5, 0.6) is 0 Å². The molecule has 1 fully saturated rings. The Labute approximate surface area is 105 Å². The number of ether oxygens (including phenoxy) is 1. The first-order valence-corrected chi connectivity index (χ1v) is 6.05. The Hall–Kier alpha value is -1.72. The molecule has 1 N–H and O–H groups in total. The molecular formula is C12H18N2O4. The number of carbonyl (C=O) groups excluding carboxylic acids is 1. The number of hydrogen-bond donors (Lipinski definition) is 1. The van der Waals surface area contributed by atoms with Crippen LogP contribution in [0.3, 0.4) is 0 Å². The molecule has 1 amide bonds. The number of rotatable bonds is 1. The predicted molar refractivity (Wildman–Crippen MR) is 64.2 cm³/mol. The van der Waals surface area contributed by atoms with Crippen molar-refractivity contribution in [2.24, 2.45) is 0 Å². The maximum atomic E-state index is 12.0. The van der Waals surface area contributed by atoms with Crippen LogP contribution in [0.4, 0.5) is 4.79 Å². The van der Waals surface area contributed by atoms with E-state index in [9.17, 15) is 9.59 Å². The molecule has 6 nitrogen and oxygen atoms in total. The molecule has 18 heavy (non-hydrogen) atoms. The highest BCUT2D eigenvalue weighted by atomic mass is 16.6. The molecule has 0 aliphatic carbocycles. The van der Waals surface area contributed by atoms with Crippen LogP contribution in [0.15, 0.2) is 15.4 Å². The van der Waals surface area contributed by atoms with Crippen molar-refractivity contribution in [1.82, 2.24) is 9.88 Å². The smallest absolute Gasteiger partial charge is 0.416 e. The second-order valence-corrected chi connectivity index (χ2v) is 5.41. The maximum Gasteiger partial charge on any atom is 0.416 e. The number of nitrogens with zero attached hydrogens (tertiary/aromatic N) is 1. The molecule has 0 unspecified atom stereocenters. The second-order valence-electron chi connectivity index (χ2n) is 5.41. The molecule has 0 radical (unpaired) electrons. The van der Waals surface area contributed by atoms with Gasteiger partial charge in [-0.05, 0) is 33.6 Å². The van der Waals surface area contributed by atoms with Crippen molar-refractivity contribution in [3.8, 4) is 0 Å². The molecule has 2 rings (SSSR count). The Balaban J connectivity index is 2.13. The highest BCUT2D eigenvalue weighted by Gasteiger charge is 2.35. The van der Waals surface area contributed by atoms with E-state index in [2.05, 4.69) is 4.98 Å². The highest BCUT2D eigenvalue weighted by molar-refractivity contribution is 5.69. The fourth-order valence-electron chi connectivity index (χ4n) is 2.06. The van der Waals surface area contributed by atoms with Crippen molar-refractivity contribution < 1.29 is 13.9 Å². The average molecular weight is 254 g/mol. The van der Waals surface area contributed by atoms with Gasteiger partial charge in [0.1, 0.15) is 11.4 Å². The van der Waals surface area contributed by atoms with E-state index in [1.165, 1.54) is 6.20 Å². The van der Waals surface area contributed by atoms with Crippen molar-refractivity contribution in [2.45, 2.75) is 45.3 Å². The van der Waals surface area contributed by atoms with Gasteiger partial charge in [0.2, 0.25) is 0 Å². The van der Waals surface area contributed by atoms with E-state index in [1.54, 1.807) is 4.90 Å². The molecule has 1 aliphatic rings. The summed E-state index contributed by atoms with van der Waals surface area (Å²) in [6, 6.07) is -0.209. The van der Waals surface area contributed by atoms with Gasteiger partial charge in [0.15, 0.2) is 0 Å². The molecule has 2 heterocycles. The fraction of sp³-hybridized carbons (Fsp3) is 0.667. The quantitative estimate of drug-likeness (QED) is 0.832. The summed E-state index contributed by atoms with van der Waals surface area (Å²) < 4.78 is 10.4. The van der Waals surface area contributed by atoms with E-state index in [1.807, 2.05) is 20.8 Å². The second kappa shape index (κ2) is 4.51. The zero-order valence-electron chi connectivity index (χ0n) is 10.9. The van der Waals surface area contributed by atoms with E-state index >= 15 is 0 Å². The third-order valence-corrected chi connectivity index (χ3v) is 2.75. The first-order chi connectivity index (χ1) is 8.37. The molecule has 0 saturated carbocycles. The van der Waals surface area contributed by atoms with Crippen LogP contribution < -0.4 is 5.76 Å². The SMILES string of the molecule is CC(C)(C)OC(=O)N1CCC[C@@H]1c1c[nH]c(=O)o1. The van der Waals surface area contributed by atoms with E-state index < -0.39 is 11.4 Å². The molecule has 1 aromatic heterocycles. The van der Waals surface area contributed by atoms with Crippen molar-refractivity contribution in [3.05, 3.63) is 22.5 Å². The van der Waals surface area contributed by atoms with Gasteiger partial charge in [-0.2, -0.15) is 0 Å². The van der Waals surface area contributed by atoms with Gasteiger partial charge >= 0.3 is 11.8 Å². The van der Waals surface area contributed by atoms with Crippen LogP contribution in [0.2, 0.25) is 0 Å². The average Bonchev–Trinajstić information content (AvgIpc) is 2.81. The number of aromatic nitrogens is 1. The van der Waals surface area contributed by atoms with Gasteiger partial charge < -0.3 is 9.15 Å². The van der Waals surface area contributed by atoms with Gasteiger partial charge in [-0.25, -0.2) is 9.59 Å². The highest BCUT2D eigenvalue weighted by Crippen LogP contribution is 2.32. The number of oxazole rings is 1. The van der Waals surface area contributed by atoms with Crippen LogP contribution in [-0.2, 0) is 4.74 Å². The first-order valence-electron chi connectivity index (χ1n) is 6.05. The van der Waals surface area contributed by atoms with E-state index in [0.717, 1.165) is 12.8 Å². The topological polar surface area (TPSA) is 75.5 Å². The van der Waals surface area contributed by atoms with E-state index in [-0.39, 0.29) is 12.1 Å². The zero-order valence-corrected chi connectivity index (χ0v) is 10.9.